The van der Waals surface area contributed by atoms with Gasteiger partial charge in [0.15, 0.2) is 5.96 Å². The van der Waals surface area contributed by atoms with Crippen LogP contribution in [0.1, 0.15) is 38.7 Å². The number of halogens is 1. The van der Waals surface area contributed by atoms with Crippen molar-refractivity contribution in [3.05, 3.63) is 35.9 Å². The van der Waals surface area contributed by atoms with Crippen molar-refractivity contribution >= 4 is 29.9 Å². The lowest BCUT2D eigenvalue weighted by molar-refractivity contribution is 0.126. The summed E-state index contributed by atoms with van der Waals surface area (Å²) in [5.74, 6) is 0.964. The van der Waals surface area contributed by atoms with E-state index < -0.39 is 0 Å². The molecule has 6 nitrogen and oxygen atoms in total. The molecule has 2 N–H and O–H groups in total. The number of rotatable bonds is 8. The van der Waals surface area contributed by atoms with E-state index in [0.29, 0.717) is 12.1 Å². The standard InChI is InChI=1S/C24H42N6.HI/c1-21(2)30-14-10-23(11-15-30)27-24(25-3)26-12-7-13-28-16-18-29(19-17-28)20-22-8-5-4-6-9-22;/h4-6,8-9,21,23H,7,10-20H2,1-3H3,(H2,25,26,27);1H. The Hall–Kier alpha value is -0.900. The molecule has 0 radical (unpaired) electrons. The van der Waals surface area contributed by atoms with E-state index in [9.17, 15) is 0 Å². The van der Waals surface area contributed by atoms with Gasteiger partial charge in [0, 0.05) is 71.5 Å². The number of aliphatic imine (C=N–C) groups is 1. The minimum Gasteiger partial charge on any atom is -0.356 e. The molecule has 2 aliphatic rings. The van der Waals surface area contributed by atoms with Crippen LogP contribution >= 0.6 is 24.0 Å². The minimum atomic E-state index is 0. The Bertz CT molecular complexity index is 622. The molecule has 2 aliphatic heterocycles. The number of likely N-dealkylation sites (tertiary alicyclic amines) is 1. The van der Waals surface area contributed by atoms with E-state index in [1.807, 2.05) is 7.05 Å². The zero-order chi connectivity index (χ0) is 21.2. The lowest BCUT2D eigenvalue weighted by Gasteiger charge is -2.35. The van der Waals surface area contributed by atoms with Gasteiger partial charge in [-0.15, -0.1) is 24.0 Å². The summed E-state index contributed by atoms with van der Waals surface area (Å²) < 4.78 is 0. The third kappa shape index (κ3) is 9.24. The van der Waals surface area contributed by atoms with Crippen molar-refractivity contribution in [1.82, 2.24) is 25.3 Å². The zero-order valence-electron chi connectivity index (χ0n) is 19.7. The highest BCUT2D eigenvalue weighted by Gasteiger charge is 2.21. The molecule has 176 valence electrons. The smallest absolute Gasteiger partial charge is 0.191 e. The van der Waals surface area contributed by atoms with E-state index in [1.54, 1.807) is 0 Å². The van der Waals surface area contributed by atoms with E-state index in [1.165, 1.54) is 57.7 Å². The van der Waals surface area contributed by atoms with Gasteiger partial charge in [0.2, 0.25) is 0 Å². The Morgan fingerprint density at radius 3 is 2.26 bits per heavy atom. The zero-order valence-corrected chi connectivity index (χ0v) is 22.1. The van der Waals surface area contributed by atoms with Gasteiger partial charge in [-0.3, -0.25) is 9.89 Å². The van der Waals surface area contributed by atoms with Crippen LogP contribution < -0.4 is 10.6 Å². The van der Waals surface area contributed by atoms with Crippen molar-refractivity contribution in [2.45, 2.75) is 51.7 Å². The molecule has 2 saturated heterocycles. The maximum absolute atomic E-state index is 4.43. The van der Waals surface area contributed by atoms with E-state index in [4.69, 9.17) is 0 Å². The second-order valence-corrected chi connectivity index (χ2v) is 9.00. The summed E-state index contributed by atoms with van der Waals surface area (Å²) >= 11 is 0. The van der Waals surface area contributed by atoms with Crippen LogP contribution in [0.3, 0.4) is 0 Å². The number of nitrogens with one attached hydrogen (secondary N) is 2. The van der Waals surface area contributed by atoms with Gasteiger partial charge in [0.25, 0.3) is 0 Å². The Balaban J connectivity index is 0.00000341. The number of nitrogens with zero attached hydrogens (tertiary/aromatic N) is 4. The molecular formula is C24H43IN6. The first-order valence-electron chi connectivity index (χ1n) is 11.8. The number of piperazine rings is 1. The van der Waals surface area contributed by atoms with Crippen molar-refractivity contribution in [2.75, 3.05) is 59.4 Å². The molecule has 1 aromatic carbocycles. The topological polar surface area (TPSA) is 46.1 Å². The van der Waals surface area contributed by atoms with Crippen LogP contribution in [0.4, 0.5) is 0 Å². The number of hydrogen-bond donors (Lipinski definition) is 2. The Morgan fingerprint density at radius 1 is 1.00 bits per heavy atom. The van der Waals surface area contributed by atoms with Crippen LogP contribution in [0.5, 0.6) is 0 Å². The average Bonchev–Trinajstić information content (AvgIpc) is 2.78. The number of piperidine rings is 1. The Kier molecular flexibility index (Phi) is 12.1. The molecule has 0 aromatic heterocycles. The summed E-state index contributed by atoms with van der Waals surface area (Å²) in [5.41, 5.74) is 1.42. The summed E-state index contributed by atoms with van der Waals surface area (Å²) in [6, 6.07) is 12.0. The number of benzene rings is 1. The monoisotopic (exact) mass is 542 g/mol. The predicted molar refractivity (Wildman–Crippen MR) is 142 cm³/mol. The Labute approximate surface area is 206 Å². The SMILES string of the molecule is CN=C(NCCCN1CCN(Cc2ccccc2)CC1)NC1CCN(C(C)C)CC1.I. The second kappa shape index (κ2) is 14.3. The van der Waals surface area contributed by atoms with Gasteiger partial charge < -0.3 is 20.4 Å². The molecule has 31 heavy (non-hydrogen) atoms. The molecule has 0 atom stereocenters. The first-order valence-corrected chi connectivity index (χ1v) is 11.8. The molecular weight excluding hydrogens is 499 g/mol. The van der Waals surface area contributed by atoms with Crippen LogP contribution in [0, 0.1) is 0 Å². The quantitative estimate of drug-likeness (QED) is 0.229. The molecule has 0 amide bonds. The molecule has 0 unspecified atom stereocenters. The molecule has 0 spiro atoms. The van der Waals surface area contributed by atoms with Crippen molar-refractivity contribution in [1.29, 1.82) is 0 Å². The largest absolute Gasteiger partial charge is 0.356 e. The third-order valence-corrected chi connectivity index (χ3v) is 6.48. The number of guanidine groups is 1. The molecule has 1 aromatic rings. The fourth-order valence-corrected chi connectivity index (χ4v) is 4.47. The van der Waals surface area contributed by atoms with Crippen molar-refractivity contribution in [3.63, 3.8) is 0 Å². The van der Waals surface area contributed by atoms with Crippen LogP contribution in [0.2, 0.25) is 0 Å². The lowest BCUT2D eigenvalue weighted by Crippen LogP contribution is -2.50. The van der Waals surface area contributed by atoms with Gasteiger partial charge in [-0.2, -0.15) is 0 Å². The maximum atomic E-state index is 4.43. The summed E-state index contributed by atoms with van der Waals surface area (Å²) in [7, 11) is 1.88. The first kappa shape index (κ1) is 26.4. The van der Waals surface area contributed by atoms with E-state index in [0.717, 1.165) is 32.0 Å². The molecule has 3 rings (SSSR count). The molecule has 0 bridgehead atoms. The summed E-state index contributed by atoms with van der Waals surface area (Å²) in [6.07, 6.45) is 3.56. The van der Waals surface area contributed by atoms with Crippen molar-refractivity contribution < 1.29 is 0 Å². The lowest BCUT2D eigenvalue weighted by atomic mass is 10.0. The molecule has 0 saturated carbocycles. The summed E-state index contributed by atoms with van der Waals surface area (Å²) in [5, 5.41) is 7.14. The normalized spacial score (nSPS) is 19.9. The fourth-order valence-electron chi connectivity index (χ4n) is 4.47. The van der Waals surface area contributed by atoms with E-state index in [-0.39, 0.29) is 24.0 Å². The molecule has 2 heterocycles. The summed E-state index contributed by atoms with van der Waals surface area (Å²) in [4.78, 5) is 12.2. The highest BCUT2D eigenvalue weighted by molar-refractivity contribution is 14.0. The minimum absolute atomic E-state index is 0. The van der Waals surface area contributed by atoms with Gasteiger partial charge in [-0.05, 0) is 45.2 Å². The highest BCUT2D eigenvalue weighted by atomic mass is 127. The van der Waals surface area contributed by atoms with Gasteiger partial charge >= 0.3 is 0 Å². The van der Waals surface area contributed by atoms with Crippen LogP contribution in [-0.2, 0) is 6.54 Å². The van der Waals surface area contributed by atoms with Crippen molar-refractivity contribution in [2.24, 2.45) is 4.99 Å². The molecule has 7 heteroatoms. The van der Waals surface area contributed by atoms with Crippen LogP contribution in [0.15, 0.2) is 35.3 Å². The van der Waals surface area contributed by atoms with Crippen LogP contribution in [-0.4, -0.2) is 92.1 Å². The maximum Gasteiger partial charge on any atom is 0.191 e. The summed E-state index contributed by atoms with van der Waals surface area (Å²) in [6.45, 7) is 14.8. The van der Waals surface area contributed by atoms with E-state index in [2.05, 4.69) is 74.5 Å². The first-order chi connectivity index (χ1) is 14.6. The average molecular weight is 543 g/mol. The van der Waals surface area contributed by atoms with Crippen LogP contribution in [0.25, 0.3) is 0 Å². The van der Waals surface area contributed by atoms with E-state index >= 15 is 0 Å². The predicted octanol–water partition coefficient (Wildman–Crippen LogP) is 2.85. The van der Waals surface area contributed by atoms with Gasteiger partial charge in [-0.1, -0.05) is 30.3 Å². The molecule has 2 fully saturated rings. The number of hydrogen-bond acceptors (Lipinski definition) is 4. The highest BCUT2D eigenvalue weighted by Crippen LogP contribution is 2.13. The fraction of sp³-hybridized carbons (Fsp3) is 0.708. The Morgan fingerprint density at radius 2 is 1.65 bits per heavy atom. The molecule has 0 aliphatic carbocycles. The van der Waals surface area contributed by atoms with Crippen molar-refractivity contribution in [3.8, 4) is 0 Å². The van der Waals surface area contributed by atoms with Gasteiger partial charge in [0.1, 0.15) is 0 Å². The second-order valence-electron chi connectivity index (χ2n) is 9.00. The van der Waals surface area contributed by atoms with Gasteiger partial charge in [-0.25, -0.2) is 0 Å². The van der Waals surface area contributed by atoms with Gasteiger partial charge in [0.05, 0.1) is 0 Å². The third-order valence-electron chi connectivity index (χ3n) is 6.48.